The van der Waals surface area contributed by atoms with Gasteiger partial charge in [-0.25, -0.2) is 0 Å². The van der Waals surface area contributed by atoms with Gasteiger partial charge in [-0.05, 0) is 31.8 Å². The highest BCUT2D eigenvalue weighted by Crippen LogP contribution is 2.11. The summed E-state index contributed by atoms with van der Waals surface area (Å²) in [6.07, 6.45) is 4.65. The van der Waals surface area contributed by atoms with Gasteiger partial charge in [0.05, 0.1) is 6.61 Å². The van der Waals surface area contributed by atoms with E-state index >= 15 is 0 Å². The molecule has 0 saturated carbocycles. The summed E-state index contributed by atoms with van der Waals surface area (Å²) in [7, 11) is 1.76. The van der Waals surface area contributed by atoms with Crippen LogP contribution in [0.25, 0.3) is 0 Å². The Labute approximate surface area is 106 Å². The summed E-state index contributed by atoms with van der Waals surface area (Å²) in [5.74, 6) is 0.801. The maximum atomic E-state index is 5.12. The van der Waals surface area contributed by atoms with Crippen LogP contribution >= 0.6 is 12.4 Å². The smallest absolute Gasteiger partial charge is 0.0589 e. The van der Waals surface area contributed by atoms with E-state index in [1.54, 1.807) is 7.11 Å². The van der Waals surface area contributed by atoms with Crippen LogP contribution in [-0.4, -0.2) is 51.3 Å². The molecule has 1 fully saturated rings. The molecule has 0 amide bonds. The Morgan fingerprint density at radius 2 is 2.38 bits per heavy atom. The molecule has 0 aromatic carbocycles. The summed E-state index contributed by atoms with van der Waals surface area (Å²) in [6, 6.07) is 0. The van der Waals surface area contributed by atoms with Crippen molar-refractivity contribution in [1.82, 2.24) is 10.2 Å². The molecule has 1 atom stereocenters. The molecule has 0 aliphatic carbocycles. The van der Waals surface area contributed by atoms with Crippen molar-refractivity contribution >= 4 is 12.4 Å². The zero-order chi connectivity index (χ0) is 10.9. The minimum absolute atomic E-state index is 0. The lowest BCUT2D eigenvalue weighted by Crippen LogP contribution is -2.39. The van der Waals surface area contributed by atoms with Gasteiger partial charge in [-0.2, -0.15) is 0 Å². The maximum Gasteiger partial charge on any atom is 0.0589 e. The third kappa shape index (κ3) is 6.48. The largest absolute Gasteiger partial charge is 0.383 e. The summed E-state index contributed by atoms with van der Waals surface area (Å²) in [4.78, 5) is 2.42. The lowest BCUT2D eigenvalue weighted by Gasteiger charge is -2.29. The van der Waals surface area contributed by atoms with Crippen molar-refractivity contribution in [2.45, 2.75) is 12.8 Å². The molecule has 1 rings (SSSR count). The molecule has 3 nitrogen and oxygen atoms in total. The molecule has 0 spiro atoms. The van der Waals surface area contributed by atoms with Gasteiger partial charge < -0.3 is 10.1 Å². The Kier molecular flexibility index (Phi) is 10.0. The second kappa shape index (κ2) is 10.1. The molecule has 0 bridgehead atoms. The van der Waals surface area contributed by atoms with Gasteiger partial charge in [0.25, 0.3) is 0 Å². The number of nitrogens with one attached hydrogen (secondary N) is 1. The van der Waals surface area contributed by atoms with E-state index in [-0.39, 0.29) is 12.4 Å². The fourth-order valence-electron chi connectivity index (χ4n) is 2.11. The molecule has 4 heteroatoms. The van der Waals surface area contributed by atoms with Gasteiger partial charge in [0.15, 0.2) is 0 Å². The van der Waals surface area contributed by atoms with Gasteiger partial charge in [-0.1, -0.05) is 6.08 Å². The number of rotatable bonds is 7. The van der Waals surface area contributed by atoms with Gasteiger partial charge in [0, 0.05) is 26.7 Å². The van der Waals surface area contributed by atoms with Crippen LogP contribution in [0.1, 0.15) is 12.8 Å². The molecule has 1 aliphatic heterocycles. The van der Waals surface area contributed by atoms with E-state index in [0.29, 0.717) is 0 Å². The van der Waals surface area contributed by atoms with Crippen molar-refractivity contribution in [3.8, 4) is 0 Å². The van der Waals surface area contributed by atoms with E-state index in [1.165, 1.54) is 32.5 Å². The highest BCUT2D eigenvalue weighted by Gasteiger charge is 2.15. The van der Waals surface area contributed by atoms with Crippen LogP contribution in [0.5, 0.6) is 0 Å². The third-order valence-corrected chi connectivity index (χ3v) is 2.91. The van der Waals surface area contributed by atoms with Crippen LogP contribution in [0.3, 0.4) is 0 Å². The molecule has 0 radical (unpaired) electrons. The van der Waals surface area contributed by atoms with Crippen molar-refractivity contribution in [3.05, 3.63) is 12.7 Å². The third-order valence-electron chi connectivity index (χ3n) is 2.91. The Hall–Kier alpha value is -0.0900. The number of hydrogen-bond acceptors (Lipinski definition) is 3. The summed E-state index contributed by atoms with van der Waals surface area (Å²) >= 11 is 0. The topological polar surface area (TPSA) is 24.5 Å². The number of methoxy groups -OCH3 is 1. The molecule has 1 heterocycles. The minimum Gasteiger partial charge on any atom is -0.383 e. The number of nitrogens with zero attached hydrogens (tertiary/aromatic N) is 1. The van der Waals surface area contributed by atoms with Crippen molar-refractivity contribution in [1.29, 1.82) is 0 Å². The SMILES string of the molecule is C=CCN(CCOC)CC1CCCNC1.Cl. The van der Waals surface area contributed by atoms with Gasteiger partial charge in [-0.15, -0.1) is 19.0 Å². The summed E-state index contributed by atoms with van der Waals surface area (Å²) in [6.45, 7) is 10.1. The molecule has 1 saturated heterocycles. The Morgan fingerprint density at radius 3 is 2.94 bits per heavy atom. The van der Waals surface area contributed by atoms with Gasteiger partial charge in [0.2, 0.25) is 0 Å². The molecule has 1 aliphatic rings. The van der Waals surface area contributed by atoms with Crippen molar-refractivity contribution in [2.75, 3.05) is 46.4 Å². The zero-order valence-corrected chi connectivity index (χ0v) is 11.1. The monoisotopic (exact) mass is 248 g/mol. The zero-order valence-electron chi connectivity index (χ0n) is 10.3. The number of piperidine rings is 1. The standard InChI is InChI=1S/C12H24N2O.ClH/c1-3-7-14(8-9-15-2)11-12-5-4-6-13-10-12;/h3,12-13H,1,4-11H2,2H3;1H. The first-order valence-electron chi connectivity index (χ1n) is 5.89. The molecule has 0 aromatic rings. The van der Waals surface area contributed by atoms with Crippen LogP contribution in [0.2, 0.25) is 0 Å². The first-order chi connectivity index (χ1) is 7.36. The maximum absolute atomic E-state index is 5.12. The van der Waals surface area contributed by atoms with Crippen molar-refractivity contribution in [3.63, 3.8) is 0 Å². The molecular weight excluding hydrogens is 224 g/mol. The first kappa shape index (κ1) is 15.9. The van der Waals surface area contributed by atoms with Gasteiger partial charge in [-0.3, -0.25) is 4.90 Å². The van der Waals surface area contributed by atoms with Crippen molar-refractivity contribution < 1.29 is 4.74 Å². The van der Waals surface area contributed by atoms with E-state index in [0.717, 1.165) is 25.6 Å². The van der Waals surface area contributed by atoms with E-state index in [4.69, 9.17) is 4.74 Å². The van der Waals surface area contributed by atoms with Gasteiger partial charge >= 0.3 is 0 Å². The van der Waals surface area contributed by atoms with Crippen molar-refractivity contribution in [2.24, 2.45) is 5.92 Å². The average Bonchev–Trinajstić information content (AvgIpc) is 2.28. The predicted octanol–water partition coefficient (Wildman–Crippen LogP) is 1.54. The highest BCUT2D eigenvalue weighted by molar-refractivity contribution is 5.85. The molecule has 1 unspecified atom stereocenters. The van der Waals surface area contributed by atoms with E-state index < -0.39 is 0 Å². The fourth-order valence-corrected chi connectivity index (χ4v) is 2.11. The molecule has 16 heavy (non-hydrogen) atoms. The fraction of sp³-hybridized carbons (Fsp3) is 0.833. The normalized spacial score (nSPS) is 20.5. The first-order valence-corrected chi connectivity index (χ1v) is 5.89. The lowest BCUT2D eigenvalue weighted by molar-refractivity contribution is 0.139. The Balaban J connectivity index is 0.00000225. The van der Waals surface area contributed by atoms with E-state index in [9.17, 15) is 0 Å². The van der Waals surface area contributed by atoms with Gasteiger partial charge in [0.1, 0.15) is 0 Å². The molecule has 1 N–H and O–H groups in total. The highest BCUT2D eigenvalue weighted by atomic mass is 35.5. The second-order valence-electron chi connectivity index (χ2n) is 4.25. The van der Waals surface area contributed by atoms with Crippen LogP contribution in [-0.2, 0) is 4.74 Å². The Bertz CT molecular complexity index is 172. The molecule has 96 valence electrons. The van der Waals surface area contributed by atoms with Crippen LogP contribution < -0.4 is 5.32 Å². The quantitative estimate of drug-likeness (QED) is 0.692. The molecule has 0 aromatic heterocycles. The second-order valence-corrected chi connectivity index (χ2v) is 4.25. The number of hydrogen-bond donors (Lipinski definition) is 1. The van der Waals surface area contributed by atoms with Crippen LogP contribution in [0, 0.1) is 5.92 Å². The van der Waals surface area contributed by atoms with Crippen LogP contribution in [0.4, 0.5) is 0 Å². The van der Waals surface area contributed by atoms with Crippen LogP contribution in [0.15, 0.2) is 12.7 Å². The number of ether oxygens (including phenoxy) is 1. The molecular formula is C12H25ClN2O. The summed E-state index contributed by atoms with van der Waals surface area (Å²) in [5.41, 5.74) is 0. The predicted molar refractivity (Wildman–Crippen MR) is 71.4 cm³/mol. The number of halogens is 1. The lowest BCUT2D eigenvalue weighted by atomic mass is 9.99. The van der Waals surface area contributed by atoms with E-state index in [2.05, 4.69) is 16.8 Å². The summed E-state index contributed by atoms with van der Waals surface area (Å²) in [5, 5.41) is 3.45. The summed E-state index contributed by atoms with van der Waals surface area (Å²) < 4.78 is 5.12. The average molecular weight is 249 g/mol. The Morgan fingerprint density at radius 1 is 1.56 bits per heavy atom. The van der Waals surface area contributed by atoms with E-state index in [1.807, 2.05) is 6.08 Å². The minimum atomic E-state index is 0.